The molecule has 0 saturated heterocycles. The Morgan fingerprint density at radius 2 is 2.00 bits per heavy atom. The van der Waals surface area contributed by atoms with Crippen molar-refractivity contribution in [3.63, 3.8) is 0 Å². The van der Waals surface area contributed by atoms with E-state index < -0.39 is 5.97 Å². The predicted molar refractivity (Wildman–Crippen MR) is 69.2 cm³/mol. The van der Waals surface area contributed by atoms with Gasteiger partial charge >= 0.3 is 5.97 Å². The van der Waals surface area contributed by atoms with Crippen LogP contribution in [0, 0.1) is 0 Å². The van der Waals surface area contributed by atoms with E-state index in [1.165, 1.54) is 0 Å². The Labute approximate surface area is 103 Å². The van der Waals surface area contributed by atoms with Gasteiger partial charge in [-0.05, 0) is 37.5 Å². The topological polar surface area (TPSA) is 49.3 Å². The molecule has 0 unspecified atom stereocenters. The Morgan fingerprint density at radius 3 is 2.53 bits per heavy atom. The Balaban J connectivity index is 2.69. The predicted octanol–water partition coefficient (Wildman–Crippen LogP) is 3.05. The molecule has 0 fully saturated rings. The highest BCUT2D eigenvalue weighted by Crippen LogP contribution is 2.15. The SMILES string of the molecule is CCC(C)(CC)NCc1cccc(C(=O)O)c1. The molecule has 1 aromatic rings. The van der Waals surface area contributed by atoms with E-state index >= 15 is 0 Å². The highest BCUT2D eigenvalue weighted by atomic mass is 16.4. The van der Waals surface area contributed by atoms with Crippen molar-refractivity contribution in [2.24, 2.45) is 0 Å². The molecule has 0 aliphatic carbocycles. The average Bonchev–Trinajstić information content (AvgIpc) is 2.36. The first-order valence-corrected chi connectivity index (χ1v) is 6.08. The summed E-state index contributed by atoms with van der Waals surface area (Å²) >= 11 is 0. The molecular formula is C14H21NO2. The van der Waals surface area contributed by atoms with Crippen LogP contribution in [0.15, 0.2) is 24.3 Å². The minimum absolute atomic E-state index is 0.124. The van der Waals surface area contributed by atoms with Gasteiger partial charge in [-0.15, -0.1) is 0 Å². The number of carbonyl (C=O) groups is 1. The standard InChI is InChI=1S/C14H21NO2/c1-4-14(3,5-2)15-10-11-7-6-8-12(9-11)13(16)17/h6-9,15H,4-5,10H2,1-3H3,(H,16,17). The van der Waals surface area contributed by atoms with E-state index in [0.29, 0.717) is 12.1 Å². The van der Waals surface area contributed by atoms with Crippen LogP contribution in [-0.2, 0) is 6.54 Å². The molecule has 1 rings (SSSR count). The van der Waals surface area contributed by atoms with Crippen LogP contribution in [-0.4, -0.2) is 16.6 Å². The van der Waals surface area contributed by atoms with Crippen LogP contribution in [0.2, 0.25) is 0 Å². The number of benzene rings is 1. The molecule has 1 aromatic carbocycles. The van der Waals surface area contributed by atoms with Gasteiger partial charge in [0.15, 0.2) is 0 Å². The summed E-state index contributed by atoms with van der Waals surface area (Å²) in [6, 6.07) is 7.08. The van der Waals surface area contributed by atoms with Crippen molar-refractivity contribution >= 4 is 5.97 Å². The van der Waals surface area contributed by atoms with Crippen LogP contribution < -0.4 is 5.32 Å². The zero-order valence-electron chi connectivity index (χ0n) is 10.8. The summed E-state index contributed by atoms with van der Waals surface area (Å²) < 4.78 is 0. The van der Waals surface area contributed by atoms with Gasteiger partial charge in [0.05, 0.1) is 5.56 Å². The molecule has 0 spiro atoms. The maximum absolute atomic E-state index is 10.8. The molecule has 0 aliphatic rings. The number of carboxylic acid groups (broad SMARTS) is 1. The fourth-order valence-corrected chi connectivity index (χ4v) is 1.63. The van der Waals surface area contributed by atoms with Gasteiger partial charge in [-0.3, -0.25) is 0 Å². The monoisotopic (exact) mass is 235 g/mol. The second-order valence-electron chi connectivity index (χ2n) is 4.63. The molecule has 3 nitrogen and oxygen atoms in total. The van der Waals surface area contributed by atoms with Crippen LogP contribution >= 0.6 is 0 Å². The summed E-state index contributed by atoms with van der Waals surface area (Å²) in [6.07, 6.45) is 2.12. The van der Waals surface area contributed by atoms with Crippen molar-refractivity contribution in [2.45, 2.75) is 45.7 Å². The Hall–Kier alpha value is -1.35. The maximum Gasteiger partial charge on any atom is 0.335 e. The van der Waals surface area contributed by atoms with E-state index in [9.17, 15) is 4.79 Å². The van der Waals surface area contributed by atoms with E-state index in [1.54, 1.807) is 18.2 Å². The van der Waals surface area contributed by atoms with Crippen LogP contribution in [0.4, 0.5) is 0 Å². The number of rotatable bonds is 6. The number of hydrogen-bond donors (Lipinski definition) is 2. The van der Waals surface area contributed by atoms with Gasteiger partial charge in [0.25, 0.3) is 0 Å². The van der Waals surface area contributed by atoms with Gasteiger partial charge in [-0.2, -0.15) is 0 Å². The molecule has 3 heteroatoms. The molecule has 2 N–H and O–H groups in total. The lowest BCUT2D eigenvalue weighted by Crippen LogP contribution is -2.40. The quantitative estimate of drug-likeness (QED) is 0.796. The Morgan fingerprint density at radius 1 is 1.35 bits per heavy atom. The average molecular weight is 235 g/mol. The van der Waals surface area contributed by atoms with Gasteiger partial charge in [-0.25, -0.2) is 4.79 Å². The number of hydrogen-bond acceptors (Lipinski definition) is 2. The van der Waals surface area contributed by atoms with Crippen molar-refractivity contribution in [1.29, 1.82) is 0 Å². The van der Waals surface area contributed by atoms with E-state index in [1.807, 2.05) is 6.07 Å². The molecule has 0 atom stereocenters. The first kappa shape index (κ1) is 13.7. The Bertz CT molecular complexity index is 384. The van der Waals surface area contributed by atoms with Gasteiger partial charge in [-0.1, -0.05) is 26.0 Å². The summed E-state index contributed by atoms with van der Waals surface area (Å²) in [6.45, 7) is 7.21. The molecule has 17 heavy (non-hydrogen) atoms. The molecule has 0 aromatic heterocycles. The summed E-state index contributed by atoms with van der Waals surface area (Å²) in [7, 11) is 0. The van der Waals surface area contributed by atoms with E-state index in [0.717, 1.165) is 18.4 Å². The highest BCUT2D eigenvalue weighted by Gasteiger charge is 2.18. The molecule has 0 amide bonds. The van der Waals surface area contributed by atoms with Crippen molar-refractivity contribution in [3.05, 3.63) is 35.4 Å². The first-order chi connectivity index (χ1) is 8.00. The second kappa shape index (κ2) is 5.82. The third kappa shape index (κ3) is 3.86. The summed E-state index contributed by atoms with van der Waals surface area (Å²) in [5.74, 6) is -0.874. The molecule has 94 valence electrons. The van der Waals surface area contributed by atoms with E-state index in [2.05, 4.69) is 26.1 Å². The third-order valence-electron chi connectivity index (χ3n) is 3.45. The van der Waals surface area contributed by atoms with Crippen LogP contribution in [0.5, 0.6) is 0 Å². The zero-order valence-corrected chi connectivity index (χ0v) is 10.8. The van der Waals surface area contributed by atoms with Crippen molar-refractivity contribution in [2.75, 3.05) is 0 Å². The largest absolute Gasteiger partial charge is 0.478 e. The number of carboxylic acids is 1. The summed E-state index contributed by atoms with van der Waals surface area (Å²) in [5.41, 5.74) is 1.48. The summed E-state index contributed by atoms with van der Waals surface area (Å²) in [4.78, 5) is 10.8. The van der Waals surface area contributed by atoms with Crippen molar-refractivity contribution < 1.29 is 9.90 Å². The highest BCUT2D eigenvalue weighted by molar-refractivity contribution is 5.87. The maximum atomic E-state index is 10.8. The first-order valence-electron chi connectivity index (χ1n) is 6.08. The molecule has 0 radical (unpaired) electrons. The smallest absolute Gasteiger partial charge is 0.335 e. The molecular weight excluding hydrogens is 214 g/mol. The number of aromatic carboxylic acids is 1. The van der Waals surface area contributed by atoms with Crippen LogP contribution in [0.1, 0.15) is 49.5 Å². The fourth-order valence-electron chi connectivity index (χ4n) is 1.63. The second-order valence-corrected chi connectivity index (χ2v) is 4.63. The molecule has 0 bridgehead atoms. The van der Waals surface area contributed by atoms with Gasteiger partial charge in [0.2, 0.25) is 0 Å². The molecule has 0 saturated carbocycles. The van der Waals surface area contributed by atoms with Crippen molar-refractivity contribution in [3.8, 4) is 0 Å². The van der Waals surface area contributed by atoms with Gasteiger partial charge < -0.3 is 10.4 Å². The zero-order chi connectivity index (χ0) is 12.9. The van der Waals surface area contributed by atoms with E-state index in [4.69, 9.17) is 5.11 Å². The normalized spacial score (nSPS) is 11.5. The molecule has 0 aliphatic heterocycles. The minimum atomic E-state index is -0.874. The Kier molecular flexibility index (Phi) is 4.70. The lowest BCUT2D eigenvalue weighted by atomic mass is 9.95. The van der Waals surface area contributed by atoms with Crippen LogP contribution in [0.25, 0.3) is 0 Å². The van der Waals surface area contributed by atoms with Gasteiger partial charge in [0, 0.05) is 12.1 Å². The van der Waals surface area contributed by atoms with Crippen LogP contribution in [0.3, 0.4) is 0 Å². The van der Waals surface area contributed by atoms with Crippen molar-refractivity contribution in [1.82, 2.24) is 5.32 Å². The number of nitrogens with one attached hydrogen (secondary N) is 1. The summed E-state index contributed by atoms with van der Waals surface area (Å²) in [5, 5.41) is 12.4. The third-order valence-corrected chi connectivity index (χ3v) is 3.45. The van der Waals surface area contributed by atoms with Gasteiger partial charge in [0.1, 0.15) is 0 Å². The lowest BCUT2D eigenvalue weighted by molar-refractivity contribution is 0.0696. The molecule has 0 heterocycles. The lowest BCUT2D eigenvalue weighted by Gasteiger charge is -2.28. The minimum Gasteiger partial charge on any atom is -0.478 e. The van der Waals surface area contributed by atoms with E-state index in [-0.39, 0.29) is 5.54 Å². The fraction of sp³-hybridized carbons (Fsp3) is 0.500.